The first kappa shape index (κ1) is 15.5. The monoisotopic (exact) mass is 313 g/mol. The summed E-state index contributed by atoms with van der Waals surface area (Å²) >= 11 is 0. The molecule has 0 bridgehead atoms. The Labute approximate surface area is 122 Å². The topological polar surface area (TPSA) is 91.8 Å². The lowest BCUT2D eigenvalue weighted by molar-refractivity contribution is 0.438. The number of tetrazole rings is 1. The molecule has 21 heavy (non-hydrogen) atoms. The lowest BCUT2D eigenvalue weighted by Crippen LogP contribution is -2.31. The fourth-order valence-corrected chi connectivity index (χ4v) is 3.47. The summed E-state index contributed by atoms with van der Waals surface area (Å²) in [6.07, 6.45) is 0. The smallest absolute Gasteiger partial charge is 0.207 e. The Hall–Kier alpha value is -1.87. The van der Waals surface area contributed by atoms with E-state index in [1.165, 1.54) is 32.2 Å². The van der Waals surface area contributed by atoms with E-state index in [9.17, 15) is 12.8 Å². The van der Waals surface area contributed by atoms with E-state index in [1.54, 1.807) is 6.92 Å². The summed E-state index contributed by atoms with van der Waals surface area (Å²) in [6.45, 7) is 3.39. The van der Waals surface area contributed by atoms with Crippen LogP contribution >= 0.6 is 0 Å². The van der Waals surface area contributed by atoms with Crippen LogP contribution in [0, 0.1) is 12.7 Å². The molecule has 1 heterocycles. The average molecular weight is 313 g/mol. The third-order valence-corrected chi connectivity index (χ3v) is 5.21. The van der Waals surface area contributed by atoms with Crippen LogP contribution in [0.25, 0.3) is 0 Å². The van der Waals surface area contributed by atoms with E-state index >= 15 is 0 Å². The number of H-pyrrole nitrogens is 1. The number of rotatable bonds is 5. The zero-order chi connectivity index (χ0) is 15.6. The molecule has 0 fully saturated rings. The highest BCUT2D eigenvalue weighted by Gasteiger charge is 2.26. The van der Waals surface area contributed by atoms with Crippen LogP contribution in [0.3, 0.4) is 0 Å². The molecule has 1 atom stereocenters. The van der Waals surface area contributed by atoms with Gasteiger partial charge in [0, 0.05) is 25.1 Å². The summed E-state index contributed by atoms with van der Waals surface area (Å²) < 4.78 is 39.7. The molecule has 0 aliphatic carbocycles. The van der Waals surface area contributed by atoms with Gasteiger partial charge < -0.3 is 0 Å². The highest BCUT2D eigenvalue weighted by Crippen LogP contribution is 2.22. The van der Waals surface area contributed by atoms with Gasteiger partial charge in [-0.1, -0.05) is 18.2 Å². The molecule has 2 aromatic rings. The number of nitrogens with one attached hydrogen (secondary N) is 1. The van der Waals surface area contributed by atoms with Crippen molar-refractivity contribution in [1.82, 2.24) is 24.9 Å². The van der Waals surface area contributed by atoms with E-state index in [4.69, 9.17) is 0 Å². The quantitative estimate of drug-likeness (QED) is 0.891. The van der Waals surface area contributed by atoms with Gasteiger partial charge in [0.05, 0.1) is 4.90 Å². The fraction of sp³-hybridized carbons (Fsp3) is 0.417. The fourth-order valence-electron chi connectivity index (χ4n) is 1.98. The summed E-state index contributed by atoms with van der Waals surface area (Å²) in [5.74, 6) is -0.360. The molecule has 1 unspecified atom stereocenters. The van der Waals surface area contributed by atoms with Crippen LogP contribution in [-0.2, 0) is 10.0 Å². The minimum absolute atomic E-state index is 0.0367. The van der Waals surface area contributed by atoms with Crippen molar-refractivity contribution in [2.75, 3.05) is 13.6 Å². The molecule has 0 saturated carbocycles. The van der Waals surface area contributed by atoms with Crippen molar-refractivity contribution in [2.24, 2.45) is 0 Å². The van der Waals surface area contributed by atoms with Crippen LogP contribution in [0.2, 0.25) is 0 Å². The Kier molecular flexibility index (Phi) is 4.33. The summed E-state index contributed by atoms with van der Waals surface area (Å²) in [5.41, 5.74) is 0.108. The second kappa shape index (κ2) is 5.86. The number of likely N-dealkylation sites (N-methyl/N-ethyl adjacent to an activating group) is 1. The Morgan fingerprint density at radius 1 is 1.43 bits per heavy atom. The first-order valence-electron chi connectivity index (χ1n) is 6.29. The molecule has 0 radical (unpaired) electrons. The predicted octanol–water partition coefficient (Wildman–Crippen LogP) is 1.07. The Balaban J connectivity index is 2.25. The van der Waals surface area contributed by atoms with E-state index in [0.717, 1.165) is 4.31 Å². The number of halogens is 1. The van der Waals surface area contributed by atoms with E-state index in [-0.39, 0.29) is 22.9 Å². The van der Waals surface area contributed by atoms with Crippen molar-refractivity contribution >= 4 is 10.0 Å². The lowest BCUT2D eigenvalue weighted by atomic mass is 10.2. The maximum absolute atomic E-state index is 13.5. The highest BCUT2D eigenvalue weighted by atomic mass is 32.2. The number of benzene rings is 1. The molecule has 9 heteroatoms. The molecule has 1 aromatic heterocycles. The Morgan fingerprint density at radius 3 is 2.76 bits per heavy atom. The maximum atomic E-state index is 13.5. The van der Waals surface area contributed by atoms with Gasteiger partial charge in [0.1, 0.15) is 5.82 Å². The van der Waals surface area contributed by atoms with Crippen LogP contribution < -0.4 is 0 Å². The first-order chi connectivity index (χ1) is 9.84. The van der Waals surface area contributed by atoms with Crippen LogP contribution in [0.1, 0.15) is 24.2 Å². The molecule has 2 rings (SSSR count). The molecule has 1 aromatic carbocycles. The zero-order valence-electron chi connectivity index (χ0n) is 11.9. The molecular formula is C12H16FN5O2S. The molecule has 114 valence electrons. The Bertz CT molecular complexity index is 717. The van der Waals surface area contributed by atoms with E-state index in [1.807, 2.05) is 0 Å². The largest absolute Gasteiger partial charge is 0.243 e. The minimum atomic E-state index is -3.77. The molecule has 7 nitrogen and oxygen atoms in total. The molecule has 1 N–H and O–H groups in total. The standard InChI is InChI=1S/C12H16FN5O2S/c1-8(12-14-16-17-15-12)7-18(3)21(19,20)11-6-4-5-10(13)9(11)2/h4-6,8H,7H2,1-3H3,(H,14,15,16,17). The summed E-state index contributed by atoms with van der Waals surface area (Å²) in [7, 11) is -2.33. The van der Waals surface area contributed by atoms with Crippen LogP contribution in [-0.4, -0.2) is 46.9 Å². The zero-order valence-corrected chi connectivity index (χ0v) is 12.7. The van der Waals surface area contributed by atoms with Crippen LogP contribution in [0.15, 0.2) is 23.1 Å². The van der Waals surface area contributed by atoms with Crippen molar-refractivity contribution in [3.63, 3.8) is 0 Å². The minimum Gasteiger partial charge on any atom is -0.207 e. The van der Waals surface area contributed by atoms with Crippen molar-refractivity contribution in [3.8, 4) is 0 Å². The van der Waals surface area contributed by atoms with Crippen molar-refractivity contribution in [2.45, 2.75) is 24.7 Å². The summed E-state index contributed by atoms with van der Waals surface area (Å²) in [4.78, 5) is -0.0367. The van der Waals surface area contributed by atoms with Crippen LogP contribution in [0.5, 0.6) is 0 Å². The number of aromatic amines is 1. The van der Waals surface area contributed by atoms with Gasteiger partial charge in [-0.15, -0.1) is 10.2 Å². The molecule has 0 spiro atoms. The SMILES string of the molecule is Cc1c(F)cccc1S(=O)(=O)N(C)CC(C)c1nn[nH]n1. The van der Waals surface area contributed by atoms with Gasteiger partial charge in [0.15, 0.2) is 5.82 Å². The van der Waals surface area contributed by atoms with Gasteiger partial charge in [-0.2, -0.15) is 5.21 Å². The average Bonchev–Trinajstić information content (AvgIpc) is 2.95. The summed E-state index contributed by atoms with van der Waals surface area (Å²) in [6, 6.07) is 4.01. The van der Waals surface area contributed by atoms with Crippen molar-refractivity contribution < 1.29 is 12.8 Å². The Morgan fingerprint density at radius 2 is 2.14 bits per heavy atom. The number of aromatic nitrogens is 4. The van der Waals surface area contributed by atoms with E-state index in [0.29, 0.717) is 5.82 Å². The van der Waals surface area contributed by atoms with Gasteiger partial charge in [0.2, 0.25) is 10.0 Å². The highest BCUT2D eigenvalue weighted by molar-refractivity contribution is 7.89. The second-order valence-corrected chi connectivity index (χ2v) is 6.83. The first-order valence-corrected chi connectivity index (χ1v) is 7.73. The third-order valence-electron chi connectivity index (χ3n) is 3.24. The lowest BCUT2D eigenvalue weighted by Gasteiger charge is -2.20. The van der Waals surface area contributed by atoms with Gasteiger partial charge >= 0.3 is 0 Å². The van der Waals surface area contributed by atoms with Crippen LogP contribution in [0.4, 0.5) is 4.39 Å². The summed E-state index contributed by atoms with van der Waals surface area (Å²) in [5, 5.41) is 13.4. The number of hydrogen-bond donors (Lipinski definition) is 1. The second-order valence-electron chi connectivity index (χ2n) is 4.82. The van der Waals surface area contributed by atoms with Gasteiger partial charge in [-0.3, -0.25) is 0 Å². The number of hydrogen-bond acceptors (Lipinski definition) is 5. The van der Waals surface area contributed by atoms with E-state index < -0.39 is 15.8 Å². The van der Waals surface area contributed by atoms with E-state index in [2.05, 4.69) is 20.6 Å². The predicted molar refractivity (Wildman–Crippen MR) is 73.5 cm³/mol. The van der Waals surface area contributed by atoms with Crippen molar-refractivity contribution in [1.29, 1.82) is 0 Å². The van der Waals surface area contributed by atoms with Crippen molar-refractivity contribution in [3.05, 3.63) is 35.4 Å². The van der Waals surface area contributed by atoms with Gasteiger partial charge in [-0.05, 0) is 19.1 Å². The number of sulfonamides is 1. The number of nitrogens with zero attached hydrogens (tertiary/aromatic N) is 4. The maximum Gasteiger partial charge on any atom is 0.243 e. The van der Waals surface area contributed by atoms with Gasteiger partial charge in [-0.25, -0.2) is 17.1 Å². The third kappa shape index (κ3) is 3.08. The molecule has 0 amide bonds. The molecule has 0 aliphatic rings. The molecule has 0 saturated heterocycles. The normalized spacial score (nSPS) is 13.6. The molecular weight excluding hydrogens is 297 g/mol. The van der Waals surface area contributed by atoms with Gasteiger partial charge in [0.25, 0.3) is 0 Å². The molecule has 0 aliphatic heterocycles.